The van der Waals surface area contributed by atoms with Crippen molar-refractivity contribution in [2.24, 2.45) is 4.99 Å². The van der Waals surface area contributed by atoms with Gasteiger partial charge in [-0.3, -0.25) is 4.99 Å². The molecule has 1 aromatic rings. The summed E-state index contributed by atoms with van der Waals surface area (Å²) in [7, 11) is 1.32. The van der Waals surface area contributed by atoms with Gasteiger partial charge in [0.05, 0.1) is 4.90 Å². The molecule has 0 unspecified atom stereocenters. The van der Waals surface area contributed by atoms with Gasteiger partial charge in [0.1, 0.15) is 0 Å². The molecule has 1 aromatic carbocycles. The van der Waals surface area contributed by atoms with Crippen LogP contribution in [-0.2, 0) is 16.6 Å². The van der Waals surface area contributed by atoms with Crippen molar-refractivity contribution in [2.75, 3.05) is 39.7 Å². The van der Waals surface area contributed by atoms with E-state index >= 15 is 0 Å². The number of sulfonamides is 1. The molecule has 0 bridgehead atoms. The molecule has 0 amide bonds. The molecule has 0 aliphatic rings. The van der Waals surface area contributed by atoms with Gasteiger partial charge in [0.2, 0.25) is 10.0 Å². The van der Waals surface area contributed by atoms with Crippen molar-refractivity contribution in [3.63, 3.8) is 0 Å². The van der Waals surface area contributed by atoms with Crippen molar-refractivity contribution < 1.29 is 8.42 Å². The summed E-state index contributed by atoms with van der Waals surface area (Å²) in [5, 5.41) is 6.43. The molecule has 2 N–H and O–H groups in total. The second-order valence-electron chi connectivity index (χ2n) is 5.45. The van der Waals surface area contributed by atoms with E-state index in [0.29, 0.717) is 17.4 Å². The molecule has 25 heavy (non-hydrogen) atoms. The molecular formula is C16H29IN4O2S2. The Morgan fingerprint density at radius 1 is 1.20 bits per heavy atom. The van der Waals surface area contributed by atoms with Gasteiger partial charge < -0.3 is 10.6 Å². The van der Waals surface area contributed by atoms with Gasteiger partial charge in [-0.15, -0.1) is 24.0 Å². The van der Waals surface area contributed by atoms with Crippen LogP contribution in [0, 0.1) is 0 Å². The van der Waals surface area contributed by atoms with Gasteiger partial charge in [-0.05, 0) is 36.5 Å². The molecule has 9 heteroatoms. The van der Waals surface area contributed by atoms with E-state index < -0.39 is 10.0 Å². The van der Waals surface area contributed by atoms with Gasteiger partial charge >= 0.3 is 0 Å². The van der Waals surface area contributed by atoms with E-state index in [0.717, 1.165) is 30.7 Å². The number of hydrogen-bond donors (Lipinski definition) is 2. The van der Waals surface area contributed by atoms with E-state index in [4.69, 9.17) is 0 Å². The average Bonchev–Trinajstić information content (AvgIpc) is 2.57. The van der Waals surface area contributed by atoms with Crippen LogP contribution in [0.4, 0.5) is 0 Å². The number of rotatable bonds is 9. The lowest BCUT2D eigenvalue weighted by atomic mass is 10.2. The Bertz CT molecular complexity index is 637. The van der Waals surface area contributed by atoms with Crippen LogP contribution in [0.3, 0.4) is 0 Å². The number of thioether (sulfide) groups is 1. The number of unbranched alkanes of at least 4 members (excludes halogenated alkanes) is 1. The fraction of sp³-hybridized carbons (Fsp3) is 0.562. The molecular weight excluding hydrogens is 471 g/mol. The van der Waals surface area contributed by atoms with Crippen molar-refractivity contribution in [1.29, 1.82) is 0 Å². The quantitative estimate of drug-likeness (QED) is 0.236. The van der Waals surface area contributed by atoms with Crippen molar-refractivity contribution >= 4 is 51.7 Å². The van der Waals surface area contributed by atoms with Crippen LogP contribution in [0.5, 0.6) is 0 Å². The molecule has 0 aliphatic carbocycles. The van der Waals surface area contributed by atoms with Crippen molar-refractivity contribution in [1.82, 2.24) is 14.9 Å². The highest BCUT2D eigenvalue weighted by atomic mass is 127. The normalized spacial score (nSPS) is 12.0. The van der Waals surface area contributed by atoms with Gasteiger partial charge in [0, 0.05) is 34.2 Å². The molecule has 0 saturated carbocycles. The van der Waals surface area contributed by atoms with Crippen LogP contribution in [0.1, 0.15) is 18.4 Å². The second-order valence-corrected chi connectivity index (χ2v) is 8.55. The molecule has 1 rings (SSSR count). The lowest BCUT2D eigenvalue weighted by molar-refractivity contribution is 0.519. The SMILES string of the molecule is CN=C(NCCCCSC)NCc1ccccc1S(=O)(=O)N(C)C.I. The van der Waals surface area contributed by atoms with Gasteiger partial charge in [0.15, 0.2) is 5.96 Å². The summed E-state index contributed by atoms with van der Waals surface area (Å²) in [6.07, 6.45) is 4.34. The third-order valence-electron chi connectivity index (χ3n) is 3.47. The van der Waals surface area contributed by atoms with Crippen molar-refractivity contribution in [3.8, 4) is 0 Å². The third-order valence-corrected chi connectivity index (χ3v) is 6.08. The first-order valence-electron chi connectivity index (χ1n) is 7.87. The zero-order chi connectivity index (χ0) is 18.0. The minimum absolute atomic E-state index is 0. The summed E-state index contributed by atoms with van der Waals surface area (Å²) >= 11 is 1.85. The molecule has 0 atom stereocenters. The predicted molar refractivity (Wildman–Crippen MR) is 119 cm³/mol. The fourth-order valence-electron chi connectivity index (χ4n) is 2.08. The summed E-state index contributed by atoms with van der Waals surface area (Å²) in [5.74, 6) is 1.83. The fourth-order valence-corrected chi connectivity index (χ4v) is 3.68. The Balaban J connectivity index is 0.00000576. The first-order chi connectivity index (χ1) is 11.4. The summed E-state index contributed by atoms with van der Waals surface area (Å²) in [6.45, 7) is 1.24. The zero-order valence-electron chi connectivity index (χ0n) is 15.3. The molecule has 0 aliphatic heterocycles. The van der Waals surface area contributed by atoms with E-state index in [1.165, 1.54) is 18.4 Å². The first kappa shape index (κ1) is 24.5. The van der Waals surface area contributed by atoms with E-state index in [-0.39, 0.29) is 24.0 Å². The maximum atomic E-state index is 12.4. The summed E-state index contributed by atoms with van der Waals surface area (Å²) in [4.78, 5) is 4.49. The lowest BCUT2D eigenvalue weighted by Crippen LogP contribution is -2.37. The number of guanidine groups is 1. The summed E-state index contributed by atoms with van der Waals surface area (Å²) in [5.41, 5.74) is 0.719. The summed E-state index contributed by atoms with van der Waals surface area (Å²) < 4.78 is 26.0. The standard InChI is InChI=1S/C16H28N4O2S2.HI/c1-17-16(18-11-7-8-12-23-4)19-13-14-9-5-6-10-15(14)24(21,22)20(2)3;/h5-6,9-10H,7-8,11-13H2,1-4H3,(H2,17,18,19);1H. The predicted octanol–water partition coefficient (Wildman–Crippen LogP) is 2.36. The maximum Gasteiger partial charge on any atom is 0.242 e. The Labute approximate surface area is 173 Å². The van der Waals surface area contributed by atoms with Gasteiger partial charge in [-0.1, -0.05) is 18.2 Å². The van der Waals surface area contributed by atoms with Crippen LogP contribution in [0.25, 0.3) is 0 Å². The lowest BCUT2D eigenvalue weighted by Gasteiger charge is -2.17. The number of nitrogens with zero attached hydrogens (tertiary/aromatic N) is 2. The Morgan fingerprint density at radius 2 is 1.88 bits per heavy atom. The van der Waals surface area contributed by atoms with Crippen LogP contribution in [-0.4, -0.2) is 58.4 Å². The monoisotopic (exact) mass is 500 g/mol. The van der Waals surface area contributed by atoms with Crippen LogP contribution >= 0.6 is 35.7 Å². The van der Waals surface area contributed by atoms with Gasteiger partial charge in [-0.25, -0.2) is 12.7 Å². The van der Waals surface area contributed by atoms with E-state index in [9.17, 15) is 8.42 Å². The van der Waals surface area contributed by atoms with Crippen LogP contribution < -0.4 is 10.6 Å². The second kappa shape index (κ2) is 12.8. The largest absolute Gasteiger partial charge is 0.356 e. The number of halogens is 1. The molecule has 144 valence electrons. The third kappa shape index (κ3) is 8.14. The number of hydrogen-bond acceptors (Lipinski definition) is 4. The van der Waals surface area contributed by atoms with E-state index in [1.807, 2.05) is 23.9 Å². The molecule has 0 radical (unpaired) electrons. The topological polar surface area (TPSA) is 73.8 Å². The molecule has 0 heterocycles. The molecule has 0 spiro atoms. The molecule has 6 nitrogen and oxygen atoms in total. The number of aliphatic imine (C=N–C) groups is 1. The molecule has 0 fully saturated rings. The highest BCUT2D eigenvalue weighted by Crippen LogP contribution is 2.18. The Kier molecular flexibility index (Phi) is 12.5. The number of benzene rings is 1. The van der Waals surface area contributed by atoms with Crippen molar-refractivity contribution in [3.05, 3.63) is 29.8 Å². The number of nitrogens with one attached hydrogen (secondary N) is 2. The maximum absolute atomic E-state index is 12.4. The highest BCUT2D eigenvalue weighted by Gasteiger charge is 2.20. The Hall–Kier alpha value is -0.520. The van der Waals surface area contributed by atoms with Crippen LogP contribution in [0.2, 0.25) is 0 Å². The Morgan fingerprint density at radius 3 is 2.48 bits per heavy atom. The van der Waals surface area contributed by atoms with Gasteiger partial charge in [0.25, 0.3) is 0 Å². The minimum Gasteiger partial charge on any atom is -0.356 e. The van der Waals surface area contributed by atoms with E-state index in [1.54, 1.807) is 19.2 Å². The smallest absolute Gasteiger partial charge is 0.242 e. The van der Waals surface area contributed by atoms with Crippen molar-refractivity contribution in [2.45, 2.75) is 24.3 Å². The first-order valence-corrected chi connectivity index (χ1v) is 10.7. The van der Waals surface area contributed by atoms with E-state index in [2.05, 4.69) is 21.9 Å². The van der Waals surface area contributed by atoms with Crippen LogP contribution in [0.15, 0.2) is 34.2 Å². The summed E-state index contributed by atoms with van der Waals surface area (Å²) in [6, 6.07) is 7.02. The van der Waals surface area contributed by atoms with Gasteiger partial charge in [-0.2, -0.15) is 11.8 Å². The molecule has 0 aromatic heterocycles. The molecule has 0 saturated heterocycles. The highest BCUT2D eigenvalue weighted by molar-refractivity contribution is 14.0. The zero-order valence-corrected chi connectivity index (χ0v) is 19.2. The average molecular weight is 500 g/mol. The minimum atomic E-state index is -3.46.